The lowest BCUT2D eigenvalue weighted by Crippen LogP contribution is -2.54. The third-order valence-electron chi connectivity index (χ3n) is 5.52. The van der Waals surface area contributed by atoms with Gasteiger partial charge in [-0.2, -0.15) is 10.4 Å². The molecule has 0 bridgehead atoms. The van der Waals surface area contributed by atoms with Crippen LogP contribution in [0, 0.1) is 21.4 Å². The molecule has 2 unspecified atom stereocenters. The van der Waals surface area contributed by atoms with Gasteiger partial charge in [0.2, 0.25) is 0 Å². The van der Waals surface area contributed by atoms with Crippen molar-refractivity contribution in [2.45, 2.75) is 18.4 Å². The lowest BCUT2D eigenvalue weighted by Gasteiger charge is -2.34. The molecule has 3 aromatic rings. The van der Waals surface area contributed by atoms with Crippen LogP contribution in [-0.2, 0) is 9.53 Å². The Balaban J connectivity index is 1.95. The predicted octanol–water partition coefficient (Wildman–Crippen LogP) is 4.50. The molecule has 1 aromatic heterocycles. The van der Waals surface area contributed by atoms with Gasteiger partial charge in [-0.15, -0.1) is 11.3 Å². The number of nitro groups is 1. The van der Waals surface area contributed by atoms with E-state index in [-0.39, 0.29) is 12.3 Å². The fourth-order valence-electron chi connectivity index (χ4n) is 3.96. The summed E-state index contributed by atoms with van der Waals surface area (Å²) in [6.07, 6.45) is 0. The molecular weight excluding hydrogens is 456 g/mol. The van der Waals surface area contributed by atoms with Crippen molar-refractivity contribution < 1.29 is 19.2 Å². The topological polar surface area (TPSA) is 118 Å². The van der Waals surface area contributed by atoms with Gasteiger partial charge in [0.25, 0.3) is 11.2 Å². The normalized spacial score (nSPS) is 19.3. The van der Waals surface area contributed by atoms with Crippen LogP contribution in [0.1, 0.15) is 23.3 Å². The largest absolute Gasteiger partial charge is 0.497 e. The summed E-state index contributed by atoms with van der Waals surface area (Å²) in [4.78, 5) is 24.9. The number of ether oxygens (including phenoxy) is 2. The molecular formula is C24H20N4O5S. The van der Waals surface area contributed by atoms with Crippen molar-refractivity contribution in [2.75, 3.05) is 18.7 Å². The number of rotatable bonds is 7. The predicted molar refractivity (Wildman–Crippen MR) is 127 cm³/mol. The molecule has 0 radical (unpaired) electrons. The number of carbonyl (C=O) groups is 1. The van der Waals surface area contributed by atoms with Gasteiger partial charge in [-0.3, -0.25) is 10.1 Å². The number of hydrazone groups is 1. The molecule has 2 atom stereocenters. The number of nitro benzene ring substituents is 1. The van der Waals surface area contributed by atoms with Gasteiger partial charge in [0.05, 0.1) is 40.8 Å². The highest BCUT2D eigenvalue weighted by Gasteiger charge is 2.60. The van der Waals surface area contributed by atoms with Crippen molar-refractivity contribution >= 4 is 34.4 Å². The molecule has 10 heteroatoms. The van der Waals surface area contributed by atoms with Crippen molar-refractivity contribution in [1.29, 1.82) is 5.26 Å². The van der Waals surface area contributed by atoms with E-state index in [1.54, 1.807) is 38.3 Å². The maximum atomic E-state index is 13.5. The molecule has 9 nitrogen and oxygen atoms in total. The van der Waals surface area contributed by atoms with Crippen LogP contribution in [-0.4, -0.2) is 35.9 Å². The van der Waals surface area contributed by atoms with Crippen molar-refractivity contribution in [3.8, 4) is 11.8 Å². The Bertz CT molecular complexity index is 1270. The molecule has 1 aliphatic rings. The fraction of sp³-hybridized carbons (Fsp3) is 0.208. The van der Waals surface area contributed by atoms with Crippen molar-refractivity contribution in [2.24, 2.45) is 5.10 Å². The van der Waals surface area contributed by atoms with E-state index in [0.717, 1.165) is 4.88 Å². The highest BCUT2D eigenvalue weighted by molar-refractivity contribution is 7.12. The Morgan fingerprint density at radius 1 is 1.24 bits per heavy atom. The van der Waals surface area contributed by atoms with Gasteiger partial charge in [-0.1, -0.05) is 18.2 Å². The molecule has 0 N–H and O–H groups in total. The molecule has 4 rings (SSSR count). The second kappa shape index (κ2) is 9.33. The summed E-state index contributed by atoms with van der Waals surface area (Å²) >= 11 is 1.43. The number of hydrogen-bond donors (Lipinski definition) is 0. The molecule has 0 aliphatic carbocycles. The van der Waals surface area contributed by atoms with Crippen LogP contribution in [0.25, 0.3) is 0 Å². The van der Waals surface area contributed by atoms with Crippen LogP contribution in [0.5, 0.6) is 5.75 Å². The molecule has 0 saturated carbocycles. The first-order valence-corrected chi connectivity index (χ1v) is 11.2. The Morgan fingerprint density at radius 3 is 2.47 bits per heavy atom. The van der Waals surface area contributed by atoms with E-state index < -0.39 is 22.3 Å². The number of non-ortho nitro benzene ring substituents is 1. The van der Waals surface area contributed by atoms with E-state index >= 15 is 0 Å². The quantitative estimate of drug-likeness (QED) is 0.280. The molecule has 0 amide bonds. The molecule has 172 valence electrons. The van der Waals surface area contributed by atoms with Crippen molar-refractivity contribution in [3.05, 3.63) is 86.6 Å². The molecule has 2 heterocycles. The first-order chi connectivity index (χ1) is 16.5. The van der Waals surface area contributed by atoms with E-state index in [0.29, 0.717) is 22.7 Å². The van der Waals surface area contributed by atoms with Crippen LogP contribution in [0.4, 0.5) is 11.4 Å². The van der Waals surface area contributed by atoms with Gasteiger partial charge in [0.1, 0.15) is 11.8 Å². The summed E-state index contributed by atoms with van der Waals surface area (Å²) in [5.41, 5.74) is -0.443. The standard InChI is InChI=1S/C24H20N4O5S/c1-3-33-23(29)24(15-25)21(16-6-12-19(32-2)13-7-16)22(20-5-4-14-34-20)26-27(24)17-8-10-18(11-9-17)28(30)31/h4-14,21H,3H2,1-2H3. The number of hydrogen-bond acceptors (Lipinski definition) is 9. The molecule has 0 saturated heterocycles. The maximum absolute atomic E-state index is 13.5. The van der Waals surface area contributed by atoms with Crippen LogP contribution in [0.15, 0.2) is 71.1 Å². The zero-order valence-electron chi connectivity index (χ0n) is 18.4. The zero-order chi connectivity index (χ0) is 24.3. The number of nitriles is 1. The Hall–Kier alpha value is -4.23. The van der Waals surface area contributed by atoms with Crippen LogP contribution >= 0.6 is 11.3 Å². The van der Waals surface area contributed by atoms with E-state index in [4.69, 9.17) is 14.6 Å². The van der Waals surface area contributed by atoms with Crippen LogP contribution in [0.2, 0.25) is 0 Å². The Morgan fingerprint density at radius 2 is 1.94 bits per heavy atom. The summed E-state index contributed by atoms with van der Waals surface area (Å²) in [5.74, 6) is -0.925. The van der Waals surface area contributed by atoms with Gasteiger partial charge in [0, 0.05) is 12.1 Å². The van der Waals surface area contributed by atoms with E-state index in [2.05, 4.69) is 6.07 Å². The lowest BCUT2D eigenvalue weighted by molar-refractivity contribution is -0.384. The fourth-order valence-corrected chi connectivity index (χ4v) is 4.70. The summed E-state index contributed by atoms with van der Waals surface area (Å²) in [5, 5.41) is 29.6. The number of methoxy groups -OCH3 is 1. The summed E-state index contributed by atoms with van der Waals surface area (Å²) in [6.45, 7) is 1.73. The van der Waals surface area contributed by atoms with E-state index in [9.17, 15) is 20.2 Å². The van der Waals surface area contributed by atoms with Crippen LogP contribution in [0.3, 0.4) is 0 Å². The van der Waals surface area contributed by atoms with Gasteiger partial charge in [-0.25, -0.2) is 9.80 Å². The van der Waals surface area contributed by atoms with Gasteiger partial charge in [-0.05, 0) is 48.2 Å². The number of esters is 1. The first-order valence-electron chi connectivity index (χ1n) is 10.4. The first kappa shape index (κ1) is 22.9. The minimum Gasteiger partial charge on any atom is -0.497 e. The second-order valence-electron chi connectivity index (χ2n) is 7.35. The molecule has 1 aliphatic heterocycles. The number of thiophene rings is 1. The SMILES string of the molecule is CCOC(=O)C1(C#N)C(c2ccc(OC)cc2)C(c2cccs2)=NN1c1ccc([N+](=O)[O-])cc1. The minimum absolute atomic E-state index is 0.0695. The molecule has 0 spiro atoms. The van der Waals surface area contributed by atoms with Gasteiger partial charge < -0.3 is 9.47 Å². The highest BCUT2D eigenvalue weighted by atomic mass is 32.1. The Labute approximate surface area is 199 Å². The molecule has 34 heavy (non-hydrogen) atoms. The lowest BCUT2D eigenvalue weighted by atomic mass is 9.77. The van der Waals surface area contributed by atoms with Crippen LogP contribution < -0.4 is 9.75 Å². The number of nitrogens with zero attached hydrogens (tertiary/aromatic N) is 4. The van der Waals surface area contributed by atoms with E-state index in [1.165, 1.54) is 40.6 Å². The molecule has 0 fully saturated rings. The second-order valence-corrected chi connectivity index (χ2v) is 8.30. The average Bonchev–Trinajstić information content (AvgIpc) is 3.51. The monoisotopic (exact) mass is 476 g/mol. The summed E-state index contributed by atoms with van der Waals surface area (Å²) in [7, 11) is 1.55. The van der Waals surface area contributed by atoms with Gasteiger partial charge in [0.15, 0.2) is 0 Å². The summed E-state index contributed by atoms with van der Waals surface area (Å²) < 4.78 is 10.7. The highest BCUT2D eigenvalue weighted by Crippen LogP contribution is 2.46. The third kappa shape index (κ3) is 3.76. The Kier molecular flexibility index (Phi) is 6.30. The zero-order valence-corrected chi connectivity index (χ0v) is 19.2. The third-order valence-corrected chi connectivity index (χ3v) is 6.41. The number of benzene rings is 2. The van der Waals surface area contributed by atoms with Crippen molar-refractivity contribution in [3.63, 3.8) is 0 Å². The smallest absolute Gasteiger partial charge is 0.350 e. The van der Waals surface area contributed by atoms with Crippen molar-refractivity contribution in [1.82, 2.24) is 0 Å². The maximum Gasteiger partial charge on any atom is 0.350 e. The number of carbonyl (C=O) groups excluding carboxylic acids is 1. The average molecular weight is 477 g/mol. The molecule has 2 aromatic carbocycles. The van der Waals surface area contributed by atoms with E-state index in [1.807, 2.05) is 17.5 Å². The minimum atomic E-state index is -1.87. The number of anilines is 1. The summed E-state index contributed by atoms with van der Waals surface area (Å²) in [6, 6.07) is 18.6. The van der Waals surface area contributed by atoms with Gasteiger partial charge >= 0.3 is 5.97 Å².